The molecule has 1 aliphatic heterocycles. The van der Waals surface area contributed by atoms with Gasteiger partial charge in [0.2, 0.25) is 0 Å². The molecule has 122 valence electrons. The third-order valence-corrected chi connectivity index (χ3v) is 4.45. The molecule has 1 aliphatic rings. The van der Waals surface area contributed by atoms with Crippen molar-refractivity contribution in [2.45, 2.75) is 25.8 Å². The minimum Gasteiger partial charge on any atom is -0.497 e. The van der Waals surface area contributed by atoms with E-state index in [2.05, 4.69) is 27.3 Å². The van der Waals surface area contributed by atoms with Gasteiger partial charge in [-0.1, -0.05) is 18.2 Å². The smallest absolute Gasteiger partial charge is 0.126 e. The van der Waals surface area contributed by atoms with E-state index in [1.54, 1.807) is 7.11 Å². The van der Waals surface area contributed by atoms with E-state index >= 15 is 0 Å². The van der Waals surface area contributed by atoms with Crippen molar-refractivity contribution >= 4 is 5.82 Å². The molecular weight excluding hydrogens is 286 g/mol. The number of aromatic nitrogens is 1. The molecule has 0 radical (unpaired) electrons. The maximum absolute atomic E-state index is 5.28. The van der Waals surface area contributed by atoms with Crippen LogP contribution in [-0.4, -0.2) is 36.6 Å². The van der Waals surface area contributed by atoms with Gasteiger partial charge in [0.1, 0.15) is 11.6 Å². The largest absolute Gasteiger partial charge is 0.497 e. The van der Waals surface area contributed by atoms with Gasteiger partial charge in [-0.15, -0.1) is 0 Å². The molecule has 1 aromatic heterocycles. The molecule has 0 bridgehead atoms. The lowest BCUT2D eigenvalue weighted by molar-refractivity contribution is 0.255. The second-order valence-electron chi connectivity index (χ2n) is 6.08. The lowest BCUT2D eigenvalue weighted by atomic mass is 10.1. The molecule has 1 atom stereocenters. The van der Waals surface area contributed by atoms with Gasteiger partial charge in [0.25, 0.3) is 0 Å². The predicted octanol–water partition coefficient (Wildman–Crippen LogP) is 3.65. The first kappa shape index (κ1) is 15.8. The summed E-state index contributed by atoms with van der Waals surface area (Å²) < 4.78 is 5.28. The quantitative estimate of drug-likeness (QED) is 0.883. The summed E-state index contributed by atoms with van der Waals surface area (Å²) in [6, 6.07) is 14.9. The van der Waals surface area contributed by atoms with Crippen molar-refractivity contribution in [2.75, 3.05) is 32.1 Å². The summed E-state index contributed by atoms with van der Waals surface area (Å²) in [5.41, 5.74) is 2.37. The summed E-state index contributed by atoms with van der Waals surface area (Å²) in [6.07, 6.45) is 2.57. The highest BCUT2D eigenvalue weighted by Gasteiger charge is 2.23. The van der Waals surface area contributed by atoms with Crippen molar-refractivity contribution in [3.8, 4) is 5.75 Å². The highest BCUT2D eigenvalue weighted by molar-refractivity contribution is 5.37. The van der Waals surface area contributed by atoms with Crippen LogP contribution in [0.3, 0.4) is 0 Å². The molecule has 3 rings (SSSR count). The highest BCUT2D eigenvalue weighted by atomic mass is 16.5. The minimum absolute atomic E-state index is 0.366. The van der Waals surface area contributed by atoms with Gasteiger partial charge in [0.05, 0.1) is 13.2 Å². The number of methoxy groups -OCH3 is 1. The van der Waals surface area contributed by atoms with Crippen LogP contribution in [0.1, 0.15) is 30.1 Å². The van der Waals surface area contributed by atoms with E-state index in [4.69, 9.17) is 4.74 Å². The first-order valence-electron chi connectivity index (χ1n) is 8.32. The molecule has 1 fully saturated rings. The van der Waals surface area contributed by atoms with Crippen LogP contribution in [0.5, 0.6) is 5.75 Å². The molecule has 0 saturated carbocycles. The van der Waals surface area contributed by atoms with Gasteiger partial charge >= 0.3 is 0 Å². The Bertz CT molecular complexity index is 621. The molecule has 4 heteroatoms. The van der Waals surface area contributed by atoms with E-state index < -0.39 is 0 Å². The first-order chi connectivity index (χ1) is 11.3. The standard InChI is InChI=1S/C19H25N3O/c1-15-6-5-7-19(21-15)20-14-18(22-12-3-4-13-22)16-8-10-17(23-2)11-9-16/h5-11,18H,3-4,12-14H2,1-2H3,(H,20,21). The zero-order chi connectivity index (χ0) is 16.1. The fraction of sp³-hybridized carbons (Fsp3) is 0.421. The van der Waals surface area contributed by atoms with E-state index in [9.17, 15) is 0 Å². The number of pyridine rings is 1. The second-order valence-corrected chi connectivity index (χ2v) is 6.08. The Hall–Kier alpha value is -2.07. The fourth-order valence-corrected chi connectivity index (χ4v) is 3.18. The number of rotatable bonds is 6. The van der Waals surface area contributed by atoms with Crippen LogP contribution < -0.4 is 10.1 Å². The number of likely N-dealkylation sites (tertiary alicyclic amines) is 1. The fourth-order valence-electron chi connectivity index (χ4n) is 3.18. The van der Waals surface area contributed by atoms with E-state index in [0.717, 1.165) is 23.8 Å². The topological polar surface area (TPSA) is 37.4 Å². The SMILES string of the molecule is COc1ccc(C(CNc2cccc(C)n2)N2CCCC2)cc1. The Morgan fingerprint density at radius 2 is 1.87 bits per heavy atom. The Kier molecular flexibility index (Phi) is 5.13. The van der Waals surface area contributed by atoms with Crippen molar-refractivity contribution in [1.82, 2.24) is 9.88 Å². The number of hydrogen-bond acceptors (Lipinski definition) is 4. The van der Waals surface area contributed by atoms with Crippen molar-refractivity contribution in [2.24, 2.45) is 0 Å². The van der Waals surface area contributed by atoms with Crippen LogP contribution >= 0.6 is 0 Å². The van der Waals surface area contributed by atoms with Gasteiger partial charge in [-0.25, -0.2) is 4.98 Å². The van der Waals surface area contributed by atoms with Crippen LogP contribution in [0.4, 0.5) is 5.82 Å². The van der Waals surface area contributed by atoms with Crippen LogP contribution in [0.25, 0.3) is 0 Å². The summed E-state index contributed by atoms with van der Waals surface area (Å²) in [6.45, 7) is 5.22. The summed E-state index contributed by atoms with van der Waals surface area (Å²) in [5.74, 6) is 1.85. The van der Waals surface area contributed by atoms with Crippen molar-refractivity contribution in [1.29, 1.82) is 0 Å². The van der Waals surface area contributed by atoms with Gasteiger partial charge in [-0.05, 0) is 62.7 Å². The number of nitrogens with zero attached hydrogens (tertiary/aromatic N) is 2. The summed E-state index contributed by atoms with van der Waals surface area (Å²) in [5, 5.41) is 3.51. The Balaban J connectivity index is 1.74. The molecule has 2 aromatic rings. The Morgan fingerprint density at radius 1 is 1.13 bits per heavy atom. The number of nitrogens with one attached hydrogen (secondary N) is 1. The number of benzene rings is 1. The van der Waals surface area contributed by atoms with Crippen LogP contribution in [0.15, 0.2) is 42.5 Å². The molecular formula is C19H25N3O. The van der Waals surface area contributed by atoms with E-state index in [1.165, 1.54) is 31.5 Å². The monoisotopic (exact) mass is 311 g/mol. The van der Waals surface area contributed by atoms with Gasteiger partial charge < -0.3 is 10.1 Å². The number of ether oxygens (including phenoxy) is 1. The van der Waals surface area contributed by atoms with E-state index in [0.29, 0.717) is 6.04 Å². The van der Waals surface area contributed by atoms with Gasteiger partial charge in [0, 0.05) is 12.2 Å². The Labute approximate surface area is 138 Å². The first-order valence-corrected chi connectivity index (χ1v) is 8.32. The zero-order valence-corrected chi connectivity index (χ0v) is 14.0. The minimum atomic E-state index is 0.366. The normalized spacial score (nSPS) is 16.3. The lowest BCUT2D eigenvalue weighted by Crippen LogP contribution is -2.31. The lowest BCUT2D eigenvalue weighted by Gasteiger charge is -2.28. The average molecular weight is 311 g/mol. The number of hydrogen-bond donors (Lipinski definition) is 1. The maximum atomic E-state index is 5.28. The molecule has 23 heavy (non-hydrogen) atoms. The molecule has 0 aliphatic carbocycles. The molecule has 4 nitrogen and oxygen atoms in total. The maximum Gasteiger partial charge on any atom is 0.126 e. The molecule has 1 saturated heterocycles. The predicted molar refractivity (Wildman–Crippen MR) is 94.0 cm³/mol. The second kappa shape index (κ2) is 7.47. The zero-order valence-electron chi connectivity index (χ0n) is 14.0. The molecule has 2 heterocycles. The van der Waals surface area contributed by atoms with Crippen molar-refractivity contribution < 1.29 is 4.74 Å². The van der Waals surface area contributed by atoms with Gasteiger partial charge in [-0.2, -0.15) is 0 Å². The van der Waals surface area contributed by atoms with Gasteiger partial charge in [0.15, 0.2) is 0 Å². The average Bonchev–Trinajstić information content (AvgIpc) is 3.10. The highest BCUT2D eigenvalue weighted by Crippen LogP contribution is 2.27. The third kappa shape index (κ3) is 4.02. The van der Waals surface area contributed by atoms with Crippen LogP contribution in [0.2, 0.25) is 0 Å². The van der Waals surface area contributed by atoms with Gasteiger partial charge in [-0.3, -0.25) is 4.90 Å². The molecule has 0 spiro atoms. The van der Waals surface area contributed by atoms with E-state index in [-0.39, 0.29) is 0 Å². The third-order valence-electron chi connectivity index (χ3n) is 4.45. The number of aryl methyl sites for hydroxylation is 1. The van der Waals surface area contributed by atoms with E-state index in [1.807, 2.05) is 37.3 Å². The van der Waals surface area contributed by atoms with Crippen molar-refractivity contribution in [3.05, 3.63) is 53.7 Å². The van der Waals surface area contributed by atoms with Crippen molar-refractivity contribution in [3.63, 3.8) is 0 Å². The number of anilines is 1. The molecule has 1 aromatic carbocycles. The molecule has 1 N–H and O–H groups in total. The van der Waals surface area contributed by atoms with Crippen LogP contribution in [0, 0.1) is 6.92 Å². The molecule has 1 unspecified atom stereocenters. The Morgan fingerprint density at radius 3 is 2.52 bits per heavy atom. The summed E-state index contributed by atoms with van der Waals surface area (Å²) in [7, 11) is 1.71. The molecule has 0 amide bonds. The summed E-state index contributed by atoms with van der Waals surface area (Å²) >= 11 is 0. The van der Waals surface area contributed by atoms with Crippen LogP contribution in [-0.2, 0) is 0 Å². The summed E-state index contributed by atoms with van der Waals surface area (Å²) in [4.78, 5) is 7.10.